The molecule has 1 unspecified atom stereocenters. The lowest BCUT2D eigenvalue weighted by atomic mass is 10.2. The number of aryl methyl sites for hydroxylation is 1. The first-order chi connectivity index (χ1) is 8.11. The number of hydrogen-bond donors (Lipinski definition) is 2. The number of nitrogens with one attached hydrogen (secondary N) is 1. The highest BCUT2D eigenvalue weighted by Crippen LogP contribution is 1.94. The summed E-state index contributed by atoms with van der Waals surface area (Å²) in [7, 11) is 1.78. The van der Waals surface area contributed by atoms with Crippen molar-refractivity contribution in [2.75, 3.05) is 13.2 Å². The lowest BCUT2D eigenvalue weighted by Gasteiger charge is -2.09. The van der Waals surface area contributed by atoms with Gasteiger partial charge in [-0.05, 0) is 6.92 Å². The molecule has 0 aliphatic rings. The van der Waals surface area contributed by atoms with Crippen LogP contribution in [0.5, 0.6) is 0 Å². The molecule has 0 saturated carbocycles. The highest BCUT2D eigenvalue weighted by atomic mass is 16.5. The van der Waals surface area contributed by atoms with Gasteiger partial charge in [0.2, 0.25) is 0 Å². The summed E-state index contributed by atoms with van der Waals surface area (Å²) in [5.74, 6) is 0.258. The summed E-state index contributed by atoms with van der Waals surface area (Å²) >= 11 is 0. The molecule has 7 nitrogen and oxygen atoms in total. The molecular weight excluding hydrogens is 224 g/mol. The molecule has 17 heavy (non-hydrogen) atoms. The first-order valence-corrected chi connectivity index (χ1v) is 5.50. The Balaban J connectivity index is 2.15. The van der Waals surface area contributed by atoms with E-state index in [2.05, 4.69) is 15.4 Å². The van der Waals surface area contributed by atoms with E-state index in [0.717, 1.165) is 0 Å². The van der Waals surface area contributed by atoms with Crippen LogP contribution in [0.3, 0.4) is 0 Å². The van der Waals surface area contributed by atoms with Crippen LogP contribution in [0.2, 0.25) is 0 Å². The molecule has 96 valence electrons. The second-order valence-corrected chi connectivity index (χ2v) is 3.63. The van der Waals surface area contributed by atoms with Crippen LogP contribution >= 0.6 is 0 Å². The second-order valence-electron chi connectivity index (χ2n) is 3.63. The van der Waals surface area contributed by atoms with Gasteiger partial charge in [-0.1, -0.05) is 0 Å². The Morgan fingerprint density at radius 3 is 3.06 bits per heavy atom. The van der Waals surface area contributed by atoms with E-state index >= 15 is 0 Å². The molecule has 1 aromatic heterocycles. The maximum absolute atomic E-state index is 11.1. The SMILES string of the molecule is CCOC(=O)CC(O)CNCc1ncn(C)n1. The third-order valence-electron chi connectivity index (χ3n) is 2.02. The van der Waals surface area contributed by atoms with Crippen LogP contribution in [0.15, 0.2) is 6.33 Å². The molecule has 0 aliphatic heterocycles. The molecule has 1 rings (SSSR count). The molecule has 0 bridgehead atoms. The standard InChI is InChI=1S/C10H18N4O3/c1-3-17-10(16)4-8(15)5-11-6-9-12-7-14(2)13-9/h7-8,11,15H,3-6H2,1-2H3. The predicted octanol–water partition coefficient (Wildman–Crippen LogP) is -0.781. The zero-order valence-electron chi connectivity index (χ0n) is 10.1. The van der Waals surface area contributed by atoms with Gasteiger partial charge in [-0.2, -0.15) is 5.10 Å². The van der Waals surface area contributed by atoms with Crippen molar-refractivity contribution in [1.29, 1.82) is 0 Å². The van der Waals surface area contributed by atoms with E-state index in [-0.39, 0.29) is 6.42 Å². The molecular formula is C10H18N4O3. The normalized spacial score (nSPS) is 12.4. The number of hydrogen-bond acceptors (Lipinski definition) is 6. The molecule has 7 heteroatoms. The number of rotatable bonds is 7. The number of aliphatic hydroxyl groups excluding tert-OH is 1. The Morgan fingerprint density at radius 1 is 1.71 bits per heavy atom. The van der Waals surface area contributed by atoms with Gasteiger partial charge >= 0.3 is 5.97 Å². The zero-order chi connectivity index (χ0) is 12.7. The van der Waals surface area contributed by atoms with E-state index in [0.29, 0.717) is 25.5 Å². The number of aromatic nitrogens is 3. The van der Waals surface area contributed by atoms with Gasteiger partial charge in [-0.25, -0.2) is 4.98 Å². The Morgan fingerprint density at radius 2 is 2.47 bits per heavy atom. The smallest absolute Gasteiger partial charge is 0.308 e. The molecule has 0 fully saturated rings. The lowest BCUT2D eigenvalue weighted by Crippen LogP contribution is -2.29. The second kappa shape index (κ2) is 6.97. The van der Waals surface area contributed by atoms with Crippen LogP contribution < -0.4 is 5.32 Å². The lowest BCUT2D eigenvalue weighted by molar-refractivity contribution is -0.145. The molecule has 0 amide bonds. The van der Waals surface area contributed by atoms with Crippen molar-refractivity contribution >= 4 is 5.97 Å². The molecule has 1 heterocycles. The van der Waals surface area contributed by atoms with Gasteiger partial charge in [0.1, 0.15) is 6.33 Å². The highest BCUT2D eigenvalue weighted by Gasteiger charge is 2.11. The summed E-state index contributed by atoms with van der Waals surface area (Å²) in [6.45, 7) is 2.82. The minimum Gasteiger partial charge on any atom is -0.466 e. The fourth-order valence-corrected chi connectivity index (χ4v) is 1.30. The zero-order valence-corrected chi connectivity index (χ0v) is 10.1. The van der Waals surface area contributed by atoms with Crippen molar-refractivity contribution in [2.24, 2.45) is 7.05 Å². The monoisotopic (exact) mass is 242 g/mol. The van der Waals surface area contributed by atoms with Gasteiger partial charge in [-0.3, -0.25) is 9.48 Å². The molecule has 0 spiro atoms. The van der Waals surface area contributed by atoms with Crippen LogP contribution in [0, 0.1) is 0 Å². The van der Waals surface area contributed by atoms with Crippen molar-refractivity contribution in [3.05, 3.63) is 12.2 Å². The fraction of sp³-hybridized carbons (Fsp3) is 0.700. The van der Waals surface area contributed by atoms with Crippen molar-refractivity contribution in [3.63, 3.8) is 0 Å². The Bertz CT molecular complexity index is 353. The minimum absolute atomic E-state index is 0.00349. The Hall–Kier alpha value is -1.47. The molecule has 0 aromatic carbocycles. The third-order valence-corrected chi connectivity index (χ3v) is 2.02. The van der Waals surface area contributed by atoms with Crippen molar-refractivity contribution in [2.45, 2.75) is 26.0 Å². The van der Waals surface area contributed by atoms with E-state index in [1.165, 1.54) is 0 Å². The molecule has 0 aliphatic carbocycles. The number of carbonyl (C=O) groups is 1. The quantitative estimate of drug-likeness (QED) is 0.610. The Labute approximate surface area is 99.8 Å². The van der Waals surface area contributed by atoms with Crippen molar-refractivity contribution < 1.29 is 14.6 Å². The number of nitrogens with zero attached hydrogens (tertiary/aromatic N) is 3. The summed E-state index contributed by atoms with van der Waals surface area (Å²) in [5, 5.41) is 16.6. The minimum atomic E-state index is -0.752. The molecule has 1 aromatic rings. The van der Waals surface area contributed by atoms with Crippen LogP contribution in [-0.2, 0) is 23.1 Å². The van der Waals surface area contributed by atoms with Gasteiger partial charge in [0.25, 0.3) is 0 Å². The average molecular weight is 242 g/mol. The van der Waals surface area contributed by atoms with E-state index in [1.54, 1.807) is 25.0 Å². The molecule has 0 radical (unpaired) electrons. The number of esters is 1. The van der Waals surface area contributed by atoms with Gasteiger partial charge in [0.05, 0.1) is 25.7 Å². The van der Waals surface area contributed by atoms with Gasteiger partial charge in [0, 0.05) is 13.6 Å². The topological polar surface area (TPSA) is 89.3 Å². The third kappa shape index (κ3) is 5.41. The maximum Gasteiger partial charge on any atom is 0.308 e. The summed E-state index contributed by atoms with van der Waals surface area (Å²) in [6, 6.07) is 0. The van der Waals surface area contributed by atoms with Crippen LogP contribution in [0.4, 0.5) is 0 Å². The summed E-state index contributed by atoms with van der Waals surface area (Å²) < 4.78 is 6.33. The fourth-order valence-electron chi connectivity index (χ4n) is 1.30. The predicted molar refractivity (Wildman–Crippen MR) is 60.0 cm³/mol. The molecule has 1 atom stereocenters. The van der Waals surface area contributed by atoms with Crippen LogP contribution in [-0.4, -0.2) is 45.1 Å². The van der Waals surface area contributed by atoms with E-state index in [4.69, 9.17) is 4.74 Å². The Kier molecular flexibility index (Phi) is 5.58. The first kappa shape index (κ1) is 13.6. The van der Waals surface area contributed by atoms with E-state index in [9.17, 15) is 9.90 Å². The van der Waals surface area contributed by atoms with Crippen LogP contribution in [0.1, 0.15) is 19.2 Å². The number of carbonyl (C=O) groups excluding carboxylic acids is 1. The average Bonchev–Trinajstić information content (AvgIpc) is 2.64. The van der Waals surface area contributed by atoms with Crippen molar-refractivity contribution in [1.82, 2.24) is 20.1 Å². The van der Waals surface area contributed by atoms with Crippen molar-refractivity contribution in [3.8, 4) is 0 Å². The van der Waals surface area contributed by atoms with Gasteiger partial charge < -0.3 is 15.2 Å². The summed E-state index contributed by atoms with van der Waals surface area (Å²) in [5.41, 5.74) is 0. The highest BCUT2D eigenvalue weighted by molar-refractivity contribution is 5.69. The van der Waals surface area contributed by atoms with E-state index in [1.807, 2.05) is 0 Å². The number of ether oxygens (including phenoxy) is 1. The van der Waals surface area contributed by atoms with Crippen LogP contribution in [0.25, 0.3) is 0 Å². The first-order valence-electron chi connectivity index (χ1n) is 5.50. The van der Waals surface area contributed by atoms with Gasteiger partial charge in [-0.15, -0.1) is 0 Å². The largest absolute Gasteiger partial charge is 0.466 e. The maximum atomic E-state index is 11.1. The summed E-state index contributed by atoms with van der Waals surface area (Å²) in [6.07, 6.45) is 0.848. The molecule has 2 N–H and O–H groups in total. The number of aliphatic hydroxyl groups is 1. The van der Waals surface area contributed by atoms with E-state index < -0.39 is 12.1 Å². The summed E-state index contributed by atoms with van der Waals surface area (Å²) in [4.78, 5) is 15.1. The molecule has 0 saturated heterocycles. The van der Waals surface area contributed by atoms with Gasteiger partial charge in [0.15, 0.2) is 5.82 Å².